The van der Waals surface area contributed by atoms with Gasteiger partial charge in [-0.05, 0) is 18.9 Å². The maximum absolute atomic E-state index is 12.6. The first-order valence-electron chi connectivity index (χ1n) is 9.07. The summed E-state index contributed by atoms with van der Waals surface area (Å²) < 4.78 is 36.6. The molecule has 1 unspecified atom stereocenters. The van der Waals surface area contributed by atoms with Crippen molar-refractivity contribution in [3.05, 3.63) is 17.5 Å². The van der Waals surface area contributed by atoms with E-state index in [0.717, 1.165) is 0 Å². The largest absolute Gasteiger partial charge is 0.405 e. The zero-order valence-corrected chi connectivity index (χ0v) is 15.4. The number of aromatic amines is 1. The maximum Gasteiger partial charge on any atom is 0.405 e. The summed E-state index contributed by atoms with van der Waals surface area (Å²) in [7, 11) is 1.68. The lowest BCUT2D eigenvalue weighted by atomic mass is 9.92. The lowest BCUT2D eigenvalue weighted by Gasteiger charge is -2.33. The number of nitrogens with zero attached hydrogens (tertiary/aromatic N) is 3. The van der Waals surface area contributed by atoms with Crippen LogP contribution in [0.2, 0.25) is 0 Å². The number of likely N-dealkylation sites (tertiary alicyclic amines) is 2. The molecule has 28 heavy (non-hydrogen) atoms. The fourth-order valence-electron chi connectivity index (χ4n) is 3.63. The van der Waals surface area contributed by atoms with Gasteiger partial charge in [-0.25, -0.2) is 0 Å². The van der Waals surface area contributed by atoms with Crippen LogP contribution >= 0.6 is 0 Å². The van der Waals surface area contributed by atoms with Crippen molar-refractivity contribution in [3.8, 4) is 0 Å². The maximum atomic E-state index is 12.6. The van der Waals surface area contributed by atoms with Gasteiger partial charge < -0.3 is 15.1 Å². The van der Waals surface area contributed by atoms with E-state index in [0.29, 0.717) is 38.2 Å². The fourth-order valence-corrected chi connectivity index (χ4v) is 3.63. The van der Waals surface area contributed by atoms with Gasteiger partial charge in [0.15, 0.2) is 0 Å². The minimum absolute atomic E-state index is 0.0204. The molecule has 0 radical (unpaired) electrons. The number of H-pyrrole nitrogens is 1. The molecule has 2 aliphatic rings. The van der Waals surface area contributed by atoms with Crippen LogP contribution < -0.4 is 5.32 Å². The first-order chi connectivity index (χ1) is 13.1. The van der Waals surface area contributed by atoms with Crippen LogP contribution in [0.15, 0.2) is 6.07 Å². The summed E-state index contributed by atoms with van der Waals surface area (Å²) in [6, 6.07) is 1.46. The van der Waals surface area contributed by atoms with Crippen LogP contribution in [0, 0.1) is 5.92 Å². The van der Waals surface area contributed by atoms with Crippen LogP contribution in [0.4, 0.5) is 13.2 Å². The second-order valence-corrected chi connectivity index (χ2v) is 7.28. The molecule has 3 rings (SSSR count). The Morgan fingerprint density at radius 3 is 2.57 bits per heavy atom. The number of amides is 3. The molecule has 2 aliphatic heterocycles. The molecular formula is C17H22F3N5O3. The van der Waals surface area contributed by atoms with E-state index in [4.69, 9.17) is 0 Å². The van der Waals surface area contributed by atoms with E-state index < -0.39 is 18.6 Å². The van der Waals surface area contributed by atoms with Crippen molar-refractivity contribution in [2.45, 2.75) is 31.4 Å². The predicted molar refractivity (Wildman–Crippen MR) is 91.3 cm³/mol. The van der Waals surface area contributed by atoms with Crippen molar-refractivity contribution in [3.63, 3.8) is 0 Å². The van der Waals surface area contributed by atoms with Gasteiger partial charge >= 0.3 is 6.18 Å². The fraction of sp³-hybridized carbons (Fsp3) is 0.647. The minimum Gasteiger partial charge on any atom is -0.345 e. The summed E-state index contributed by atoms with van der Waals surface area (Å²) in [4.78, 5) is 39.2. The van der Waals surface area contributed by atoms with Gasteiger partial charge in [0.05, 0.1) is 5.92 Å². The molecule has 3 heterocycles. The molecular weight excluding hydrogens is 379 g/mol. The van der Waals surface area contributed by atoms with E-state index in [1.165, 1.54) is 6.07 Å². The molecule has 8 nitrogen and oxygen atoms in total. The van der Waals surface area contributed by atoms with E-state index in [1.54, 1.807) is 22.2 Å². The van der Waals surface area contributed by atoms with E-state index >= 15 is 0 Å². The zero-order valence-electron chi connectivity index (χ0n) is 15.4. The molecule has 0 bridgehead atoms. The van der Waals surface area contributed by atoms with Crippen molar-refractivity contribution in [1.82, 2.24) is 25.3 Å². The average Bonchev–Trinajstić information content (AvgIpc) is 3.26. The van der Waals surface area contributed by atoms with Gasteiger partial charge in [0.25, 0.3) is 5.91 Å². The number of carbonyl (C=O) groups is 3. The molecule has 11 heteroatoms. The Labute approximate surface area is 159 Å². The Morgan fingerprint density at radius 1 is 1.32 bits per heavy atom. The van der Waals surface area contributed by atoms with Gasteiger partial charge in [-0.1, -0.05) is 0 Å². The van der Waals surface area contributed by atoms with Gasteiger partial charge in [0.2, 0.25) is 11.8 Å². The molecule has 0 aromatic carbocycles. The van der Waals surface area contributed by atoms with Crippen molar-refractivity contribution >= 4 is 17.7 Å². The smallest absolute Gasteiger partial charge is 0.345 e. The Morgan fingerprint density at radius 2 is 2.00 bits per heavy atom. The molecule has 0 saturated carbocycles. The normalized spacial score (nSPS) is 21.3. The highest BCUT2D eigenvalue weighted by atomic mass is 19.4. The van der Waals surface area contributed by atoms with Gasteiger partial charge in [-0.15, -0.1) is 0 Å². The Balaban J connectivity index is 1.51. The molecule has 2 fully saturated rings. The molecule has 2 N–H and O–H groups in total. The lowest BCUT2D eigenvalue weighted by molar-refractivity contribution is -0.136. The highest BCUT2D eigenvalue weighted by Gasteiger charge is 2.36. The molecule has 2 saturated heterocycles. The summed E-state index contributed by atoms with van der Waals surface area (Å²) >= 11 is 0. The van der Waals surface area contributed by atoms with Gasteiger partial charge in [-0.3, -0.25) is 19.5 Å². The monoisotopic (exact) mass is 401 g/mol. The van der Waals surface area contributed by atoms with Crippen LogP contribution in [0.1, 0.15) is 41.4 Å². The summed E-state index contributed by atoms with van der Waals surface area (Å²) in [6.45, 7) is 0.0704. The third-order valence-corrected chi connectivity index (χ3v) is 5.22. The zero-order chi connectivity index (χ0) is 20.5. The van der Waals surface area contributed by atoms with Crippen LogP contribution in [0.25, 0.3) is 0 Å². The second-order valence-electron chi connectivity index (χ2n) is 7.28. The minimum atomic E-state index is -4.48. The number of nitrogens with one attached hydrogen (secondary N) is 2. The van der Waals surface area contributed by atoms with E-state index in [2.05, 4.69) is 10.2 Å². The van der Waals surface area contributed by atoms with E-state index in [9.17, 15) is 27.6 Å². The number of aromatic nitrogens is 2. The van der Waals surface area contributed by atoms with Crippen molar-refractivity contribution in [2.24, 2.45) is 5.92 Å². The van der Waals surface area contributed by atoms with Crippen molar-refractivity contribution < 1.29 is 27.6 Å². The second kappa shape index (κ2) is 7.80. The lowest BCUT2D eigenvalue weighted by Crippen LogP contribution is -2.42. The Kier molecular flexibility index (Phi) is 5.61. The topological polar surface area (TPSA) is 98.4 Å². The van der Waals surface area contributed by atoms with E-state index in [1.807, 2.05) is 0 Å². The summed E-state index contributed by atoms with van der Waals surface area (Å²) in [6.07, 6.45) is -2.94. The number of hydrogen-bond acceptors (Lipinski definition) is 4. The average molecular weight is 401 g/mol. The first kappa shape index (κ1) is 20.2. The van der Waals surface area contributed by atoms with Gasteiger partial charge in [-0.2, -0.15) is 18.3 Å². The Bertz CT molecular complexity index is 755. The van der Waals surface area contributed by atoms with Crippen LogP contribution in [-0.4, -0.2) is 77.1 Å². The molecule has 1 atom stereocenters. The van der Waals surface area contributed by atoms with E-state index in [-0.39, 0.29) is 35.8 Å². The number of piperidine rings is 1. The molecule has 3 amide bonds. The third kappa shape index (κ3) is 4.63. The third-order valence-electron chi connectivity index (χ3n) is 5.22. The highest BCUT2D eigenvalue weighted by Crippen LogP contribution is 2.29. The predicted octanol–water partition coefficient (Wildman–Crippen LogP) is 0.886. The number of hydrogen-bond donors (Lipinski definition) is 2. The number of rotatable bonds is 4. The molecule has 0 spiro atoms. The highest BCUT2D eigenvalue weighted by molar-refractivity contribution is 5.92. The van der Waals surface area contributed by atoms with Crippen LogP contribution in [0.5, 0.6) is 0 Å². The standard InChI is InChI=1S/C17H22F3N5O3/c1-24-8-11(6-14(24)26)16(28)25-4-2-10(3-5-25)12-7-13(23-22-12)15(27)21-9-17(18,19)20/h7,10-11H,2-6,8-9H2,1H3,(H,21,27)(H,22,23). The van der Waals surface area contributed by atoms with Gasteiger partial charge in [0.1, 0.15) is 12.2 Å². The first-order valence-corrected chi connectivity index (χ1v) is 9.07. The summed E-state index contributed by atoms with van der Waals surface area (Å²) in [5.41, 5.74) is 0.574. The summed E-state index contributed by atoms with van der Waals surface area (Å²) in [5.74, 6) is -1.20. The SMILES string of the molecule is CN1CC(C(=O)N2CCC(c3cc(C(=O)NCC(F)(F)F)n[nH]3)CC2)CC1=O. The molecule has 154 valence electrons. The number of carbonyl (C=O) groups excluding carboxylic acids is 3. The Hall–Kier alpha value is -2.59. The van der Waals surface area contributed by atoms with Crippen LogP contribution in [0.3, 0.4) is 0 Å². The van der Waals surface area contributed by atoms with Gasteiger partial charge in [0, 0.05) is 44.7 Å². The molecule has 1 aromatic rings. The van der Waals surface area contributed by atoms with Crippen molar-refractivity contribution in [2.75, 3.05) is 33.2 Å². The van der Waals surface area contributed by atoms with Crippen molar-refractivity contribution in [1.29, 1.82) is 0 Å². The molecule has 1 aromatic heterocycles. The quantitative estimate of drug-likeness (QED) is 0.783. The van der Waals surface area contributed by atoms with Crippen LogP contribution in [-0.2, 0) is 9.59 Å². The number of alkyl halides is 3. The summed E-state index contributed by atoms with van der Waals surface area (Å²) in [5, 5.41) is 8.30. The number of halogens is 3. The molecule has 0 aliphatic carbocycles.